The molecule has 9 rings (SSSR count). The van der Waals surface area contributed by atoms with E-state index in [0.717, 1.165) is 95.3 Å². The first-order valence-electron chi connectivity index (χ1n) is 19.1. The fourth-order valence-corrected chi connectivity index (χ4v) is 9.49. The van der Waals surface area contributed by atoms with E-state index in [4.69, 9.17) is 18.9 Å². The maximum Gasteiger partial charge on any atom is 0.307 e. The molecule has 2 aliphatic heterocycles. The van der Waals surface area contributed by atoms with E-state index < -0.39 is 5.97 Å². The third kappa shape index (κ3) is 6.01. The van der Waals surface area contributed by atoms with Crippen molar-refractivity contribution in [3.8, 4) is 40.3 Å². The van der Waals surface area contributed by atoms with Gasteiger partial charge in [-0.2, -0.15) is 10.2 Å². The van der Waals surface area contributed by atoms with Gasteiger partial charge in [-0.1, -0.05) is 36.4 Å². The average Bonchev–Trinajstić information content (AvgIpc) is 4.02. The molecule has 0 radical (unpaired) electrons. The predicted molar refractivity (Wildman–Crippen MR) is 203 cm³/mol. The largest absolute Gasteiger partial charge is 0.481 e. The molecule has 10 nitrogen and oxygen atoms in total. The van der Waals surface area contributed by atoms with Crippen molar-refractivity contribution < 1.29 is 28.9 Å². The Labute approximate surface area is 314 Å². The van der Waals surface area contributed by atoms with Gasteiger partial charge in [-0.05, 0) is 109 Å². The minimum Gasteiger partial charge on any atom is -0.481 e. The summed E-state index contributed by atoms with van der Waals surface area (Å²) in [6.45, 7) is 5.62. The molecule has 2 N–H and O–H groups in total. The molecule has 5 aromatic rings. The number of aliphatic hydroxyl groups is 1. The minimum atomic E-state index is -0.731. The number of rotatable bonds is 9. The van der Waals surface area contributed by atoms with Crippen LogP contribution in [0, 0.1) is 24.2 Å². The summed E-state index contributed by atoms with van der Waals surface area (Å²) in [4.78, 5) is 20.9. The third-order valence-corrected chi connectivity index (χ3v) is 12.2. The van der Waals surface area contributed by atoms with Gasteiger partial charge >= 0.3 is 5.97 Å². The number of methoxy groups -OCH3 is 1. The van der Waals surface area contributed by atoms with E-state index in [1.54, 1.807) is 7.11 Å². The maximum absolute atomic E-state index is 11.7. The summed E-state index contributed by atoms with van der Waals surface area (Å²) in [5.41, 5.74) is 11.2. The summed E-state index contributed by atoms with van der Waals surface area (Å²) in [6, 6.07) is 23.5. The zero-order valence-electron chi connectivity index (χ0n) is 30.7. The molecule has 2 aromatic heterocycles. The molecule has 4 atom stereocenters. The number of carboxylic acids is 1. The van der Waals surface area contributed by atoms with Gasteiger partial charge in [-0.25, -0.2) is 0 Å². The highest BCUT2D eigenvalue weighted by atomic mass is 16.5. The van der Waals surface area contributed by atoms with Crippen LogP contribution in [0.2, 0.25) is 0 Å². The number of aliphatic hydroxyl groups excluding tert-OH is 1. The summed E-state index contributed by atoms with van der Waals surface area (Å²) >= 11 is 0. The van der Waals surface area contributed by atoms with E-state index in [-0.39, 0.29) is 24.2 Å². The number of nitriles is 1. The number of hydrogen-bond donors (Lipinski definition) is 2. The molecule has 54 heavy (non-hydrogen) atoms. The summed E-state index contributed by atoms with van der Waals surface area (Å²) in [5.74, 6) is 0.735. The van der Waals surface area contributed by atoms with Gasteiger partial charge < -0.3 is 24.1 Å². The molecule has 0 bridgehead atoms. The van der Waals surface area contributed by atoms with Crippen LogP contribution in [-0.2, 0) is 24.2 Å². The van der Waals surface area contributed by atoms with E-state index in [1.165, 1.54) is 11.1 Å². The SMILES string of the molecule is COc1nc(O[C@H]2CCc3c(-c4cccc(-c5cc6cc7c(c(C#N)c6o5)CCC7N5CC[C@@H](C(=O)O)C5)c4C)cccc32)ccc1CN1CC[C@@H](O)C1. The molecule has 1 unspecified atom stereocenters. The van der Waals surface area contributed by atoms with Gasteiger partial charge in [-0.15, -0.1) is 0 Å². The molecule has 0 spiro atoms. The Morgan fingerprint density at radius 3 is 2.56 bits per heavy atom. The fraction of sp³-hybridized carbons (Fsp3) is 0.386. The van der Waals surface area contributed by atoms with Gasteiger partial charge in [0.15, 0.2) is 5.58 Å². The van der Waals surface area contributed by atoms with Crippen LogP contribution in [0.15, 0.2) is 65.1 Å². The number of nitrogens with zero attached hydrogens (tertiary/aromatic N) is 4. The number of carboxylic acid groups (broad SMARTS) is 1. The Hall–Kier alpha value is -5.21. The first-order chi connectivity index (χ1) is 26.3. The van der Waals surface area contributed by atoms with Crippen molar-refractivity contribution in [1.82, 2.24) is 14.8 Å². The van der Waals surface area contributed by atoms with Gasteiger partial charge in [0.05, 0.1) is 24.7 Å². The summed E-state index contributed by atoms with van der Waals surface area (Å²) in [7, 11) is 1.63. The van der Waals surface area contributed by atoms with Crippen LogP contribution in [0.3, 0.4) is 0 Å². The number of ether oxygens (including phenoxy) is 2. The lowest BCUT2D eigenvalue weighted by molar-refractivity contribution is -0.141. The maximum atomic E-state index is 11.7. The van der Waals surface area contributed by atoms with E-state index in [9.17, 15) is 20.3 Å². The molecule has 4 aliphatic rings. The van der Waals surface area contributed by atoms with Gasteiger partial charge in [0.2, 0.25) is 11.8 Å². The molecule has 0 amide bonds. The Balaban J connectivity index is 0.990. The normalized spacial score (nSPS) is 22.4. The Kier molecular flexibility index (Phi) is 8.89. The van der Waals surface area contributed by atoms with Crippen LogP contribution in [0.4, 0.5) is 0 Å². The van der Waals surface area contributed by atoms with E-state index in [1.807, 2.05) is 12.1 Å². The number of aliphatic carboxylic acids is 1. The molecule has 276 valence electrons. The molecule has 4 heterocycles. The Bertz CT molecular complexity index is 2330. The van der Waals surface area contributed by atoms with Gasteiger partial charge in [0, 0.05) is 54.8 Å². The van der Waals surface area contributed by atoms with Crippen molar-refractivity contribution >= 4 is 16.9 Å². The number of hydrogen-bond acceptors (Lipinski definition) is 9. The predicted octanol–water partition coefficient (Wildman–Crippen LogP) is 7.38. The lowest BCUT2D eigenvalue weighted by Gasteiger charge is -2.24. The van der Waals surface area contributed by atoms with Gasteiger partial charge in [0.25, 0.3) is 0 Å². The lowest BCUT2D eigenvalue weighted by atomic mass is 9.91. The molecular formula is C44H44N4O6. The Morgan fingerprint density at radius 2 is 1.78 bits per heavy atom. The second-order valence-corrected chi connectivity index (χ2v) is 15.3. The van der Waals surface area contributed by atoms with E-state index in [0.29, 0.717) is 49.0 Å². The monoisotopic (exact) mass is 724 g/mol. The zero-order valence-corrected chi connectivity index (χ0v) is 30.7. The number of carbonyl (C=O) groups is 1. The highest BCUT2D eigenvalue weighted by Gasteiger charge is 2.37. The Morgan fingerprint density at radius 1 is 0.963 bits per heavy atom. The van der Waals surface area contributed by atoms with Crippen LogP contribution >= 0.6 is 0 Å². The van der Waals surface area contributed by atoms with Crippen molar-refractivity contribution in [3.63, 3.8) is 0 Å². The fourth-order valence-electron chi connectivity index (χ4n) is 9.49. The summed E-state index contributed by atoms with van der Waals surface area (Å²) < 4.78 is 18.8. The zero-order chi connectivity index (χ0) is 37.1. The number of benzene rings is 3. The van der Waals surface area contributed by atoms with Crippen LogP contribution in [-0.4, -0.2) is 70.4 Å². The molecule has 2 aliphatic carbocycles. The van der Waals surface area contributed by atoms with Crippen molar-refractivity contribution in [2.45, 2.75) is 70.2 Å². The lowest BCUT2D eigenvalue weighted by Crippen LogP contribution is -2.26. The molecule has 3 aromatic carbocycles. The number of likely N-dealkylation sites (tertiary alicyclic amines) is 2. The molecular weight excluding hydrogens is 681 g/mol. The highest BCUT2D eigenvalue weighted by molar-refractivity contribution is 5.91. The summed E-state index contributed by atoms with van der Waals surface area (Å²) in [5, 5.41) is 30.8. The third-order valence-electron chi connectivity index (χ3n) is 12.2. The van der Waals surface area contributed by atoms with Crippen LogP contribution in [0.5, 0.6) is 11.8 Å². The number of aromatic nitrogens is 1. The first-order valence-corrected chi connectivity index (χ1v) is 19.1. The topological polar surface area (TPSA) is 132 Å². The molecule has 2 saturated heterocycles. The quantitative estimate of drug-likeness (QED) is 0.159. The molecule has 2 fully saturated rings. The second kappa shape index (κ2) is 13.9. The van der Waals surface area contributed by atoms with Crippen LogP contribution in [0.1, 0.15) is 76.8 Å². The van der Waals surface area contributed by atoms with E-state index in [2.05, 4.69) is 71.3 Å². The van der Waals surface area contributed by atoms with Gasteiger partial charge in [-0.3, -0.25) is 14.6 Å². The number of pyridine rings is 1. The standard InChI is InChI=1S/C44H44N4O6/c1-25-30(32-7-4-8-35-33(32)11-13-39(35)53-41-14-9-26(43(46-41)52-2)22-47-17-16-29(49)24-47)5-3-6-31(25)40-20-28-19-36-34(37(21-45)42(28)54-40)10-12-38(36)48-18-15-27(23-48)44(50)51/h3-9,14,19-20,27,29,38-39,49H,10-13,15-18,22-24H2,1-2H3,(H,50,51)/t27-,29-,38?,39+/m1/s1. The van der Waals surface area contributed by atoms with Crippen molar-refractivity contribution in [1.29, 1.82) is 5.26 Å². The highest BCUT2D eigenvalue weighted by Crippen LogP contribution is 2.46. The molecule has 0 saturated carbocycles. The number of β-amino-alcohol motifs (C(OH)–C–C–N with tert-alkyl or cyclic N) is 1. The average molecular weight is 725 g/mol. The van der Waals surface area contributed by atoms with Crippen molar-refractivity contribution in [3.05, 3.63) is 99.6 Å². The van der Waals surface area contributed by atoms with E-state index >= 15 is 0 Å². The van der Waals surface area contributed by atoms with Gasteiger partial charge in [0.1, 0.15) is 17.9 Å². The summed E-state index contributed by atoms with van der Waals surface area (Å²) in [6.07, 6.45) is 4.40. The van der Waals surface area contributed by atoms with Crippen molar-refractivity contribution in [2.24, 2.45) is 5.92 Å². The number of fused-ring (bicyclic) bond motifs is 3. The first kappa shape index (κ1) is 34.6. The smallest absolute Gasteiger partial charge is 0.307 e. The van der Waals surface area contributed by atoms with Crippen molar-refractivity contribution in [2.75, 3.05) is 33.3 Å². The second-order valence-electron chi connectivity index (χ2n) is 15.3. The molecule has 10 heteroatoms. The number of furan rings is 1. The van der Waals surface area contributed by atoms with Crippen LogP contribution in [0.25, 0.3) is 33.4 Å². The minimum absolute atomic E-state index is 0.116. The van der Waals surface area contributed by atoms with Crippen LogP contribution < -0.4 is 9.47 Å².